The van der Waals surface area contributed by atoms with E-state index in [9.17, 15) is 4.79 Å². The van der Waals surface area contributed by atoms with E-state index in [1.165, 1.54) is 0 Å². The van der Waals surface area contributed by atoms with Crippen molar-refractivity contribution in [2.24, 2.45) is 0 Å². The fraction of sp³-hybridized carbons (Fsp3) is 0.909. The summed E-state index contributed by atoms with van der Waals surface area (Å²) < 4.78 is 0. The van der Waals surface area contributed by atoms with Crippen LogP contribution in [0.25, 0.3) is 0 Å². The predicted molar refractivity (Wildman–Crippen MR) is 63.3 cm³/mol. The quantitative estimate of drug-likeness (QED) is 0.621. The first-order chi connectivity index (χ1) is 7.77. The van der Waals surface area contributed by atoms with Gasteiger partial charge in [-0.2, -0.15) is 0 Å². The average molecular weight is 229 g/mol. The summed E-state index contributed by atoms with van der Waals surface area (Å²) in [5, 5.41) is 12.2. The highest BCUT2D eigenvalue weighted by atomic mass is 16.3. The number of rotatable bonds is 6. The Labute approximate surface area is 97.4 Å². The lowest BCUT2D eigenvalue weighted by Crippen LogP contribution is -2.48. The van der Waals surface area contributed by atoms with E-state index in [1.54, 1.807) is 4.90 Å². The summed E-state index contributed by atoms with van der Waals surface area (Å²) in [5.41, 5.74) is 0. The third kappa shape index (κ3) is 4.47. The molecule has 0 atom stereocenters. The number of amides is 1. The molecule has 0 bridgehead atoms. The molecule has 1 heterocycles. The topological polar surface area (TPSA) is 55.8 Å². The number of carbonyl (C=O) groups is 1. The third-order valence-electron chi connectivity index (χ3n) is 2.78. The van der Waals surface area contributed by atoms with Crippen LogP contribution in [0.15, 0.2) is 0 Å². The molecule has 5 nitrogen and oxygen atoms in total. The van der Waals surface area contributed by atoms with Crippen LogP contribution < -0.4 is 5.32 Å². The Morgan fingerprint density at radius 1 is 1.38 bits per heavy atom. The lowest BCUT2D eigenvalue weighted by Gasteiger charge is -2.29. The number of hydrogen-bond acceptors (Lipinski definition) is 4. The molecule has 0 aromatic carbocycles. The minimum atomic E-state index is 0.0489. The van der Waals surface area contributed by atoms with Crippen molar-refractivity contribution in [1.82, 2.24) is 15.1 Å². The summed E-state index contributed by atoms with van der Waals surface area (Å²) in [7, 11) is 0. The lowest BCUT2D eigenvalue weighted by atomic mass is 10.3. The largest absolute Gasteiger partial charge is 0.395 e. The maximum atomic E-state index is 11.9. The van der Waals surface area contributed by atoms with Gasteiger partial charge in [0.1, 0.15) is 0 Å². The summed E-state index contributed by atoms with van der Waals surface area (Å²) >= 11 is 0. The van der Waals surface area contributed by atoms with Crippen LogP contribution in [0.3, 0.4) is 0 Å². The van der Waals surface area contributed by atoms with Crippen LogP contribution in [0.2, 0.25) is 0 Å². The first kappa shape index (κ1) is 13.4. The first-order valence-corrected chi connectivity index (χ1v) is 6.09. The SMILES string of the molecule is CCCN(CCO)C(=O)CN1CCNCC1. The number of aliphatic hydroxyl groups is 1. The Bertz CT molecular complexity index is 199. The minimum absolute atomic E-state index is 0.0489. The zero-order valence-electron chi connectivity index (χ0n) is 10.1. The molecule has 1 rings (SSSR count). The smallest absolute Gasteiger partial charge is 0.236 e. The van der Waals surface area contributed by atoms with Crippen LogP contribution in [0, 0.1) is 0 Å². The fourth-order valence-corrected chi connectivity index (χ4v) is 1.91. The zero-order chi connectivity index (χ0) is 11.8. The molecule has 1 aliphatic heterocycles. The van der Waals surface area contributed by atoms with Gasteiger partial charge in [0.15, 0.2) is 0 Å². The van der Waals surface area contributed by atoms with Gasteiger partial charge in [-0.05, 0) is 6.42 Å². The number of carbonyl (C=O) groups excluding carboxylic acids is 1. The highest BCUT2D eigenvalue weighted by Gasteiger charge is 2.17. The van der Waals surface area contributed by atoms with E-state index < -0.39 is 0 Å². The summed E-state index contributed by atoms with van der Waals surface area (Å²) in [6, 6.07) is 0. The van der Waals surface area contributed by atoms with Gasteiger partial charge < -0.3 is 15.3 Å². The van der Waals surface area contributed by atoms with Gasteiger partial charge in [-0.15, -0.1) is 0 Å². The van der Waals surface area contributed by atoms with Crippen LogP contribution >= 0.6 is 0 Å². The van der Waals surface area contributed by atoms with Crippen molar-refractivity contribution in [2.75, 3.05) is 52.4 Å². The summed E-state index contributed by atoms with van der Waals surface area (Å²) in [6.45, 7) is 7.57. The van der Waals surface area contributed by atoms with Crippen molar-refractivity contribution in [1.29, 1.82) is 0 Å². The van der Waals surface area contributed by atoms with Crippen LogP contribution in [-0.4, -0.2) is 73.2 Å². The number of nitrogens with zero attached hydrogens (tertiary/aromatic N) is 2. The van der Waals surface area contributed by atoms with E-state index >= 15 is 0 Å². The third-order valence-corrected chi connectivity index (χ3v) is 2.78. The lowest BCUT2D eigenvalue weighted by molar-refractivity contribution is -0.133. The molecule has 0 aliphatic carbocycles. The molecule has 0 saturated carbocycles. The molecule has 1 amide bonds. The van der Waals surface area contributed by atoms with Gasteiger partial charge in [0.2, 0.25) is 5.91 Å². The second-order valence-corrected chi connectivity index (χ2v) is 4.13. The van der Waals surface area contributed by atoms with Crippen LogP contribution in [0.4, 0.5) is 0 Å². The highest BCUT2D eigenvalue weighted by molar-refractivity contribution is 5.78. The van der Waals surface area contributed by atoms with Crippen molar-refractivity contribution in [3.63, 3.8) is 0 Å². The molecule has 0 aromatic heterocycles. The van der Waals surface area contributed by atoms with E-state index in [2.05, 4.69) is 10.2 Å². The number of aliphatic hydroxyl groups excluding tert-OH is 1. The molecule has 0 aromatic rings. The summed E-state index contributed by atoms with van der Waals surface area (Å²) in [5.74, 6) is 0.137. The van der Waals surface area contributed by atoms with E-state index in [0.717, 1.165) is 39.1 Å². The monoisotopic (exact) mass is 229 g/mol. The first-order valence-electron chi connectivity index (χ1n) is 6.09. The second kappa shape index (κ2) is 7.60. The molecule has 1 saturated heterocycles. The van der Waals surface area contributed by atoms with Gasteiger partial charge in [-0.1, -0.05) is 6.92 Å². The van der Waals surface area contributed by atoms with Crippen LogP contribution in [0.5, 0.6) is 0 Å². The fourth-order valence-electron chi connectivity index (χ4n) is 1.91. The zero-order valence-corrected chi connectivity index (χ0v) is 10.1. The summed E-state index contributed by atoms with van der Waals surface area (Å²) in [4.78, 5) is 15.9. The molecule has 1 fully saturated rings. The standard InChI is InChI=1S/C11H23N3O2/c1-2-5-14(8-9-15)11(16)10-13-6-3-12-4-7-13/h12,15H,2-10H2,1H3. The van der Waals surface area contributed by atoms with E-state index in [0.29, 0.717) is 13.1 Å². The number of hydrogen-bond donors (Lipinski definition) is 2. The van der Waals surface area contributed by atoms with Gasteiger partial charge in [-0.3, -0.25) is 9.69 Å². The molecule has 5 heteroatoms. The van der Waals surface area contributed by atoms with E-state index in [4.69, 9.17) is 5.11 Å². The van der Waals surface area contributed by atoms with Crippen molar-refractivity contribution < 1.29 is 9.90 Å². The highest BCUT2D eigenvalue weighted by Crippen LogP contribution is 1.97. The molecular weight excluding hydrogens is 206 g/mol. The molecule has 2 N–H and O–H groups in total. The normalized spacial score (nSPS) is 17.4. The van der Waals surface area contributed by atoms with E-state index in [-0.39, 0.29) is 12.5 Å². The maximum absolute atomic E-state index is 11.9. The molecule has 0 unspecified atom stereocenters. The average Bonchev–Trinajstić information content (AvgIpc) is 2.30. The van der Waals surface area contributed by atoms with Gasteiger partial charge in [0.25, 0.3) is 0 Å². The Hall–Kier alpha value is -0.650. The van der Waals surface area contributed by atoms with Gasteiger partial charge in [0.05, 0.1) is 13.2 Å². The molecular formula is C11H23N3O2. The van der Waals surface area contributed by atoms with Gasteiger partial charge >= 0.3 is 0 Å². The van der Waals surface area contributed by atoms with Crippen molar-refractivity contribution in [2.45, 2.75) is 13.3 Å². The second-order valence-electron chi connectivity index (χ2n) is 4.13. The Balaban J connectivity index is 2.34. The number of nitrogens with one attached hydrogen (secondary N) is 1. The Morgan fingerprint density at radius 2 is 2.06 bits per heavy atom. The van der Waals surface area contributed by atoms with Crippen molar-refractivity contribution in [3.8, 4) is 0 Å². The molecule has 16 heavy (non-hydrogen) atoms. The van der Waals surface area contributed by atoms with Gasteiger partial charge in [0, 0.05) is 39.3 Å². The minimum Gasteiger partial charge on any atom is -0.395 e. The Kier molecular flexibility index (Phi) is 6.37. The molecule has 94 valence electrons. The van der Waals surface area contributed by atoms with Crippen LogP contribution in [-0.2, 0) is 4.79 Å². The van der Waals surface area contributed by atoms with Crippen LogP contribution in [0.1, 0.15) is 13.3 Å². The molecule has 1 aliphatic rings. The molecule has 0 radical (unpaired) electrons. The number of piperazine rings is 1. The Morgan fingerprint density at radius 3 is 2.62 bits per heavy atom. The summed E-state index contributed by atoms with van der Waals surface area (Å²) in [6.07, 6.45) is 0.938. The molecule has 0 spiro atoms. The van der Waals surface area contributed by atoms with E-state index in [1.807, 2.05) is 6.92 Å². The van der Waals surface area contributed by atoms with Crippen molar-refractivity contribution in [3.05, 3.63) is 0 Å². The van der Waals surface area contributed by atoms with Gasteiger partial charge in [-0.25, -0.2) is 0 Å². The maximum Gasteiger partial charge on any atom is 0.236 e. The van der Waals surface area contributed by atoms with Crippen molar-refractivity contribution >= 4 is 5.91 Å². The predicted octanol–water partition coefficient (Wildman–Crippen LogP) is -0.877.